The molecule has 174 valence electrons. The molecule has 0 saturated heterocycles. The Morgan fingerprint density at radius 3 is 2.31 bits per heavy atom. The van der Waals surface area contributed by atoms with Crippen molar-refractivity contribution in [2.75, 3.05) is 5.01 Å². The van der Waals surface area contributed by atoms with E-state index in [0.29, 0.717) is 11.3 Å². The summed E-state index contributed by atoms with van der Waals surface area (Å²) in [5.74, 6) is -0.493. The molecule has 0 bridgehead atoms. The molecule has 4 aromatic carbocycles. The van der Waals surface area contributed by atoms with Crippen molar-refractivity contribution in [1.82, 2.24) is 0 Å². The standard InChI is InChI=1S/C28H19F3N2O2/c29-28(30,31)26-24(27(34)33(32-26)22-13-2-1-3-14-22)17-20-10-5-7-16-25(20)35-18-21-12-8-11-19-9-4-6-15-23(19)21/h1-17H,18H2/b24-17-. The minimum atomic E-state index is -4.80. The minimum absolute atomic E-state index is 0.214. The SMILES string of the molecule is O=C1/C(=C\c2ccccc2OCc2cccc3ccccc23)C(C(F)(F)F)=NN1c1ccccc1. The quantitative estimate of drug-likeness (QED) is 0.301. The summed E-state index contributed by atoms with van der Waals surface area (Å²) in [5, 5.41) is 6.48. The summed E-state index contributed by atoms with van der Waals surface area (Å²) in [6.45, 7) is 0.214. The molecule has 0 spiro atoms. The Balaban J connectivity index is 1.49. The molecular formula is C28H19F3N2O2. The van der Waals surface area contributed by atoms with E-state index in [9.17, 15) is 18.0 Å². The number of nitrogens with zero attached hydrogens (tertiary/aromatic N) is 2. The van der Waals surface area contributed by atoms with Crippen LogP contribution >= 0.6 is 0 Å². The fourth-order valence-electron chi connectivity index (χ4n) is 3.96. The molecule has 7 heteroatoms. The molecule has 0 aliphatic carbocycles. The number of benzene rings is 4. The van der Waals surface area contributed by atoms with Gasteiger partial charge < -0.3 is 4.74 Å². The Morgan fingerprint density at radius 1 is 0.829 bits per heavy atom. The summed E-state index contributed by atoms with van der Waals surface area (Å²) in [6, 6.07) is 28.4. The maximum atomic E-state index is 13.8. The Labute approximate surface area is 199 Å². The van der Waals surface area contributed by atoms with Gasteiger partial charge in [-0.15, -0.1) is 0 Å². The minimum Gasteiger partial charge on any atom is -0.488 e. The van der Waals surface area contributed by atoms with Crippen LogP contribution in [0.1, 0.15) is 11.1 Å². The van der Waals surface area contributed by atoms with Gasteiger partial charge in [-0.1, -0.05) is 78.9 Å². The number of carbonyl (C=O) groups excluding carboxylic acids is 1. The zero-order valence-electron chi connectivity index (χ0n) is 18.4. The van der Waals surface area contributed by atoms with E-state index >= 15 is 0 Å². The molecule has 0 radical (unpaired) electrons. The van der Waals surface area contributed by atoms with Crippen molar-refractivity contribution < 1.29 is 22.7 Å². The van der Waals surface area contributed by atoms with E-state index in [1.807, 2.05) is 42.5 Å². The summed E-state index contributed by atoms with van der Waals surface area (Å²) in [7, 11) is 0. The first kappa shape index (κ1) is 22.4. The lowest BCUT2D eigenvalue weighted by Gasteiger charge is -2.13. The summed E-state index contributed by atoms with van der Waals surface area (Å²) in [4.78, 5) is 13.0. The molecule has 1 amide bonds. The Morgan fingerprint density at radius 2 is 1.51 bits per heavy atom. The molecule has 4 aromatic rings. The summed E-state index contributed by atoms with van der Waals surface area (Å²) in [6.07, 6.45) is -3.61. The van der Waals surface area contributed by atoms with Gasteiger partial charge in [-0.3, -0.25) is 4.79 Å². The lowest BCUT2D eigenvalue weighted by Crippen LogP contribution is -2.25. The van der Waals surface area contributed by atoms with Gasteiger partial charge in [0.25, 0.3) is 5.91 Å². The van der Waals surface area contributed by atoms with Crippen molar-refractivity contribution in [3.05, 3.63) is 114 Å². The second-order valence-corrected chi connectivity index (χ2v) is 7.92. The number of para-hydroxylation sites is 2. The smallest absolute Gasteiger partial charge is 0.435 e. The third-order valence-electron chi connectivity index (χ3n) is 5.63. The van der Waals surface area contributed by atoms with Crippen LogP contribution in [0, 0.1) is 0 Å². The van der Waals surface area contributed by atoms with Crippen LogP contribution in [0.5, 0.6) is 5.75 Å². The normalized spacial score (nSPS) is 15.1. The predicted octanol–water partition coefficient (Wildman–Crippen LogP) is 6.77. The largest absolute Gasteiger partial charge is 0.488 e. The van der Waals surface area contributed by atoms with Crippen molar-refractivity contribution in [1.29, 1.82) is 0 Å². The maximum absolute atomic E-state index is 13.8. The van der Waals surface area contributed by atoms with Crippen LogP contribution in [-0.4, -0.2) is 17.8 Å². The second kappa shape index (κ2) is 9.10. The molecule has 0 atom stereocenters. The van der Waals surface area contributed by atoms with Crippen LogP contribution in [-0.2, 0) is 11.4 Å². The van der Waals surface area contributed by atoms with Gasteiger partial charge in [0.2, 0.25) is 0 Å². The number of anilines is 1. The van der Waals surface area contributed by atoms with Gasteiger partial charge in [-0.25, -0.2) is 0 Å². The highest BCUT2D eigenvalue weighted by Crippen LogP contribution is 2.34. The predicted molar refractivity (Wildman–Crippen MR) is 130 cm³/mol. The van der Waals surface area contributed by atoms with E-state index in [2.05, 4.69) is 5.10 Å². The van der Waals surface area contributed by atoms with E-state index in [1.54, 1.807) is 42.5 Å². The van der Waals surface area contributed by atoms with Gasteiger partial charge in [-0.2, -0.15) is 23.3 Å². The summed E-state index contributed by atoms with van der Waals surface area (Å²) in [5.41, 5.74) is -0.237. The van der Waals surface area contributed by atoms with E-state index in [4.69, 9.17) is 4.74 Å². The van der Waals surface area contributed by atoms with Crippen molar-refractivity contribution in [2.24, 2.45) is 5.10 Å². The van der Waals surface area contributed by atoms with E-state index in [0.717, 1.165) is 21.3 Å². The number of hydrogen-bond donors (Lipinski definition) is 0. The Hall–Kier alpha value is -4.39. The van der Waals surface area contributed by atoms with Crippen LogP contribution in [0.4, 0.5) is 18.9 Å². The third kappa shape index (κ3) is 4.53. The second-order valence-electron chi connectivity index (χ2n) is 7.92. The highest BCUT2D eigenvalue weighted by Gasteiger charge is 2.46. The lowest BCUT2D eigenvalue weighted by atomic mass is 10.0. The molecule has 1 aliphatic rings. The van der Waals surface area contributed by atoms with E-state index in [1.165, 1.54) is 18.2 Å². The summed E-state index contributed by atoms with van der Waals surface area (Å²) < 4.78 is 47.5. The average Bonchev–Trinajstić information content (AvgIpc) is 3.20. The van der Waals surface area contributed by atoms with Crippen molar-refractivity contribution in [2.45, 2.75) is 12.8 Å². The van der Waals surface area contributed by atoms with Gasteiger partial charge in [0.1, 0.15) is 12.4 Å². The number of hydrogen-bond acceptors (Lipinski definition) is 3. The molecule has 35 heavy (non-hydrogen) atoms. The van der Waals surface area contributed by atoms with Crippen LogP contribution in [0.25, 0.3) is 16.8 Å². The molecule has 0 saturated carbocycles. The number of ether oxygens (including phenoxy) is 1. The fourth-order valence-corrected chi connectivity index (χ4v) is 3.96. The van der Waals surface area contributed by atoms with Gasteiger partial charge in [0, 0.05) is 5.56 Å². The number of amides is 1. The van der Waals surface area contributed by atoms with Gasteiger partial charge >= 0.3 is 6.18 Å². The number of hydrazone groups is 1. The first-order valence-corrected chi connectivity index (χ1v) is 10.9. The molecule has 4 nitrogen and oxygen atoms in total. The first-order valence-electron chi connectivity index (χ1n) is 10.9. The first-order chi connectivity index (χ1) is 16.9. The van der Waals surface area contributed by atoms with E-state index in [-0.39, 0.29) is 12.3 Å². The van der Waals surface area contributed by atoms with Crippen molar-refractivity contribution >= 4 is 34.2 Å². The fraction of sp³-hybridized carbons (Fsp3) is 0.0714. The third-order valence-corrected chi connectivity index (χ3v) is 5.63. The molecule has 1 heterocycles. The molecular weight excluding hydrogens is 453 g/mol. The zero-order chi connectivity index (χ0) is 24.4. The maximum Gasteiger partial charge on any atom is 0.435 e. The topological polar surface area (TPSA) is 41.9 Å². The number of carbonyl (C=O) groups is 1. The summed E-state index contributed by atoms with van der Waals surface area (Å²) >= 11 is 0. The number of halogens is 3. The van der Waals surface area contributed by atoms with Gasteiger partial charge in [-0.05, 0) is 40.6 Å². The molecule has 0 fully saturated rings. The van der Waals surface area contributed by atoms with Crippen molar-refractivity contribution in [3.8, 4) is 5.75 Å². The zero-order valence-corrected chi connectivity index (χ0v) is 18.4. The monoisotopic (exact) mass is 472 g/mol. The highest BCUT2D eigenvalue weighted by molar-refractivity contribution is 6.34. The molecule has 1 aliphatic heterocycles. The van der Waals surface area contributed by atoms with Crippen molar-refractivity contribution in [3.63, 3.8) is 0 Å². The number of rotatable bonds is 5. The molecule has 5 rings (SSSR count). The Bertz CT molecular complexity index is 1450. The van der Waals surface area contributed by atoms with Gasteiger partial charge in [0.15, 0.2) is 5.71 Å². The highest BCUT2D eigenvalue weighted by atomic mass is 19.4. The van der Waals surface area contributed by atoms with Crippen LogP contribution in [0.3, 0.4) is 0 Å². The molecule has 0 N–H and O–H groups in total. The number of alkyl halides is 3. The average molecular weight is 472 g/mol. The number of fused-ring (bicyclic) bond motifs is 1. The van der Waals surface area contributed by atoms with Crippen LogP contribution < -0.4 is 9.75 Å². The Kier molecular flexibility index (Phi) is 5.82. The van der Waals surface area contributed by atoms with Crippen LogP contribution in [0.15, 0.2) is 108 Å². The van der Waals surface area contributed by atoms with E-state index < -0.39 is 23.4 Å². The van der Waals surface area contributed by atoms with Crippen LogP contribution in [0.2, 0.25) is 0 Å². The van der Waals surface area contributed by atoms with Gasteiger partial charge in [0.05, 0.1) is 11.3 Å². The molecule has 0 aromatic heterocycles. The lowest BCUT2D eigenvalue weighted by molar-refractivity contribution is -0.114. The molecule has 0 unspecified atom stereocenters.